The Morgan fingerprint density at radius 3 is 2.27 bits per heavy atom. The largest absolute Gasteiger partial charge is 0.368 e. The molecule has 0 bridgehead atoms. The molecule has 152 valence electrons. The summed E-state index contributed by atoms with van der Waals surface area (Å²) in [6.07, 6.45) is 0. The number of primary amides is 1. The highest BCUT2D eigenvalue weighted by atomic mass is 32.1. The summed E-state index contributed by atoms with van der Waals surface area (Å²) in [6.45, 7) is 5.93. The molecule has 0 saturated heterocycles. The first-order valence-corrected chi connectivity index (χ1v) is 10.7. The van der Waals surface area contributed by atoms with Gasteiger partial charge in [-0.15, -0.1) is 11.3 Å². The van der Waals surface area contributed by atoms with Crippen molar-refractivity contribution in [1.82, 2.24) is 9.55 Å². The predicted molar refractivity (Wildman–Crippen MR) is 123 cm³/mol. The Hall–Kier alpha value is -3.25. The standard InChI is InChI=1S/C24H23N3O2S/c1-14(2)16-9-11-17(12-10-16)19-13-30-23-20(19)24(29)27(15(3)21(25)28)22(26-23)18-7-5-4-6-8-18/h4-15H,1-3H3,(H2,25,28). The van der Waals surface area contributed by atoms with Crippen LogP contribution in [0.4, 0.5) is 0 Å². The van der Waals surface area contributed by atoms with E-state index < -0.39 is 11.9 Å². The molecule has 0 aliphatic carbocycles. The van der Waals surface area contributed by atoms with Gasteiger partial charge >= 0.3 is 0 Å². The molecule has 4 rings (SSSR count). The SMILES string of the molecule is CC(C)c1ccc(-c2csc3nc(-c4ccccc4)n(C(C)C(N)=O)c(=O)c23)cc1. The lowest BCUT2D eigenvalue weighted by Crippen LogP contribution is -2.33. The van der Waals surface area contributed by atoms with Gasteiger partial charge < -0.3 is 5.73 Å². The molecule has 2 heterocycles. The fourth-order valence-corrected chi connectivity index (χ4v) is 4.48. The lowest BCUT2D eigenvalue weighted by molar-refractivity contribution is -0.120. The van der Waals surface area contributed by atoms with Crippen LogP contribution in [0, 0.1) is 0 Å². The van der Waals surface area contributed by atoms with Crippen molar-refractivity contribution in [3.8, 4) is 22.5 Å². The van der Waals surface area contributed by atoms with E-state index in [0.29, 0.717) is 22.0 Å². The lowest BCUT2D eigenvalue weighted by Gasteiger charge is -2.17. The highest BCUT2D eigenvalue weighted by Crippen LogP contribution is 2.33. The number of carbonyl (C=O) groups is 1. The average molecular weight is 418 g/mol. The van der Waals surface area contributed by atoms with E-state index in [-0.39, 0.29) is 5.56 Å². The summed E-state index contributed by atoms with van der Waals surface area (Å²) in [5.41, 5.74) is 9.10. The molecule has 1 unspecified atom stereocenters. The van der Waals surface area contributed by atoms with Crippen LogP contribution in [0.3, 0.4) is 0 Å². The molecule has 1 atom stereocenters. The van der Waals surface area contributed by atoms with E-state index in [9.17, 15) is 9.59 Å². The van der Waals surface area contributed by atoms with Gasteiger partial charge in [-0.1, -0.05) is 68.4 Å². The lowest BCUT2D eigenvalue weighted by atomic mass is 9.99. The summed E-state index contributed by atoms with van der Waals surface area (Å²) in [5.74, 6) is 0.304. The first kappa shape index (κ1) is 20.0. The Kier molecular flexibility index (Phi) is 5.26. The second-order valence-electron chi connectivity index (χ2n) is 7.66. The van der Waals surface area contributed by atoms with Crippen molar-refractivity contribution >= 4 is 27.5 Å². The molecule has 2 N–H and O–H groups in total. The van der Waals surface area contributed by atoms with Crippen LogP contribution in [-0.2, 0) is 4.79 Å². The minimum absolute atomic E-state index is 0.255. The molecule has 5 nitrogen and oxygen atoms in total. The molecule has 0 spiro atoms. The maximum absolute atomic E-state index is 13.6. The fourth-order valence-electron chi connectivity index (χ4n) is 3.54. The van der Waals surface area contributed by atoms with Gasteiger partial charge in [0.2, 0.25) is 5.91 Å². The first-order chi connectivity index (χ1) is 14.4. The van der Waals surface area contributed by atoms with Crippen LogP contribution in [0.1, 0.15) is 38.3 Å². The number of fused-ring (bicyclic) bond motifs is 1. The van der Waals surface area contributed by atoms with E-state index in [2.05, 4.69) is 26.0 Å². The number of hydrogen-bond acceptors (Lipinski definition) is 4. The van der Waals surface area contributed by atoms with Gasteiger partial charge in [0.25, 0.3) is 5.56 Å². The highest BCUT2D eigenvalue weighted by molar-refractivity contribution is 7.17. The molecule has 0 aliphatic rings. The number of rotatable bonds is 5. The topological polar surface area (TPSA) is 78.0 Å². The third kappa shape index (κ3) is 3.44. The van der Waals surface area contributed by atoms with Gasteiger partial charge in [0.05, 0.1) is 5.39 Å². The van der Waals surface area contributed by atoms with Crippen LogP contribution in [0.15, 0.2) is 64.8 Å². The van der Waals surface area contributed by atoms with E-state index >= 15 is 0 Å². The molecule has 0 radical (unpaired) electrons. The molecule has 1 amide bonds. The van der Waals surface area contributed by atoms with Gasteiger partial charge in [0.15, 0.2) is 0 Å². The number of thiophene rings is 1. The molecule has 0 saturated carbocycles. The van der Waals surface area contributed by atoms with Gasteiger partial charge in [-0.05, 0) is 24.0 Å². The van der Waals surface area contributed by atoms with Gasteiger partial charge in [-0.3, -0.25) is 14.2 Å². The molecule has 6 heteroatoms. The molecule has 2 aromatic carbocycles. The van der Waals surface area contributed by atoms with E-state index in [1.54, 1.807) is 6.92 Å². The highest BCUT2D eigenvalue weighted by Gasteiger charge is 2.23. The Morgan fingerprint density at radius 1 is 1.00 bits per heavy atom. The molecule has 0 aliphatic heterocycles. The van der Waals surface area contributed by atoms with Crippen LogP contribution in [0.5, 0.6) is 0 Å². The zero-order valence-corrected chi connectivity index (χ0v) is 17.9. The van der Waals surface area contributed by atoms with Gasteiger partial charge in [-0.2, -0.15) is 0 Å². The first-order valence-electron chi connectivity index (χ1n) is 9.87. The van der Waals surface area contributed by atoms with Crippen molar-refractivity contribution in [2.75, 3.05) is 0 Å². The Morgan fingerprint density at radius 2 is 1.67 bits per heavy atom. The van der Waals surface area contributed by atoms with Gasteiger partial charge in [0.1, 0.15) is 16.7 Å². The van der Waals surface area contributed by atoms with Crippen molar-refractivity contribution in [3.05, 3.63) is 75.9 Å². The normalized spacial score (nSPS) is 12.4. The summed E-state index contributed by atoms with van der Waals surface area (Å²) in [5, 5.41) is 2.47. The van der Waals surface area contributed by atoms with Crippen molar-refractivity contribution in [2.24, 2.45) is 5.73 Å². The minimum Gasteiger partial charge on any atom is -0.368 e. The minimum atomic E-state index is -0.819. The summed E-state index contributed by atoms with van der Waals surface area (Å²) in [7, 11) is 0. The third-order valence-electron chi connectivity index (χ3n) is 5.36. The predicted octanol–water partition coefficient (Wildman–Crippen LogP) is 4.96. The van der Waals surface area contributed by atoms with E-state index in [4.69, 9.17) is 10.7 Å². The Labute approximate surface area is 178 Å². The van der Waals surface area contributed by atoms with E-state index in [1.807, 2.05) is 47.8 Å². The number of benzene rings is 2. The number of nitrogens with zero attached hydrogens (tertiary/aromatic N) is 2. The van der Waals surface area contributed by atoms with Crippen molar-refractivity contribution in [3.63, 3.8) is 0 Å². The smallest absolute Gasteiger partial charge is 0.263 e. The second-order valence-corrected chi connectivity index (χ2v) is 8.52. The van der Waals surface area contributed by atoms with Crippen LogP contribution in [0.2, 0.25) is 0 Å². The average Bonchev–Trinajstić information content (AvgIpc) is 3.18. The van der Waals surface area contributed by atoms with Crippen LogP contribution in [-0.4, -0.2) is 15.5 Å². The zero-order valence-electron chi connectivity index (χ0n) is 17.1. The number of amides is 1. The second kappa shape index (κ2) is 7.88. The Balaban J connectivity index is 1.98. The maximum atomic E-state index is 13.6. The van der Waals surface area contributed by atoms with Crippen molar-refractivity contribution in [2.45, 2.75) is 32.7 Å². The van der Waals surface area contributed by atoms with Gasteiger partial charge in [0, 0.05) is 16.5 Å². The van der Waals surface area contributed by atoms with Crippen LogP contribution in [0.25, 0.3) is 32.7 Å². The fraction of sp³-hybridized carbons (Fsp3) is 0.208. The monoisotopic (exact) mass is 417 g/mol. The maximum Gasteiger partial charge on any atom is 0.263 e. The van der Waals surface area contributed by atoms with E-state index in [1.165, 1.54) is 21.5 Å². The molecule has 4 aromatic rings. The summed E-state index contributed by atoms with van der Waals surface area (Å²) in [4.78, 5) is 31.0. The molecule has 30 heavy (non-hydrogen) atoms. The number of hydrogen-bond donors (Lipinski definition) is 1. The number of carbonyl (C=O) groups excluding carboxylic acids is 1. The zero-order chi connectivity index (χ0) is 21.4. The molecule has 2 aromatic heterocycles. The van der Waals surface area contributed by atoms with Crippen molar-refractivity contribution in [1.29, 1.82) is 0 Å². The summed E-state index contributed by atoms with van der Waals surface area (Å²) in [6, 6.07) is 16.8. The van der Waals surface area contributed by atoms with E-state index in [0.717, 1.165) is 16.7 Å². The summed E-state index contributed by atoms with van der Waals surface area (Å²) < 4.78 is 1.42. The Bertz CT molecular complexity index is 1270. The van der Waals surface area contributed by atoms with Crippen LogP contribution < -0.4 is 11.3 Å². The van der Waals surface area contributed by atoms with Crippen molar-refractivity contribution < 1.29 is 4.79 Å². The summed E-state index contributed by atoms with van der Waals surface area (Å²) >= 11 is 1.43. The molecular formula is C24H23N3O2S. The third-order valence-corrected chi connectivity index (χ3v) is 6.23. The molecule has 0 fully saturated rings. The van der Waals surface area contributed by atoms with Crippen LogP contribution >= 0.6 is 11.3 Å². The van der Waals surface area contributed by atoms with Gasteiger partial charge in [-0.25, -0.2) is 4.98 Å². The quantitative estimate of drug-likeness (QED) is 0.498. The number of nitrogens with two attached hydrogens (primary N) is 1. The molecular weight excluding hydrogens is 394 g/mol. The number of aromatic nitrogens is 2.